The molecule has 0 saturated carbocycles. The first kappa shape index (κ1) is 11.7. The minimum absolute atomic E-state index is 0.710. The third-order valence-corrected chi connectivity index (χ3v) is 3.42. The maximum Gasteiger partial charge on any atom is 0.138 e. The van der Waals surface area contributed by atoms with E-state index >= 15 is 0 Å². The van der Waals surface area contributed by atoms with E-state index in [1.807, 2.05) is 18.2 Å². The molecule has 0 amide bonds. The Hall–Kier alpha value is -0.730. The second-order valence-corrected chi connectivity index (χ2v) is 4.90. The third kappa shape index (κ3) is 3.13. The molecule has 0 atom stereocenters. The molecule has 1 aliphatic rings. The summed E-state index contributed by atoms with van der Waals surface area (Å²) < 4.78 is 5.73. The molecule has 0 spiro atoms. The fraction of sp³-hybridized carbons (Fsp3) is 0.538. The van der Waals surface area contributed by atoms with E-state index in [1.54, 1.807) is 4.90 Å². The van der Waals surface area contributed by atoms with Crippen LogP contribution >= 0.6 is 11.6 Å². The Kier molecular flexibility index (Phi) is 4.08. The molecule has 1 aromatic rings. The van der Waals surface area contributed by atoms with E-state index in [4.69, 9.17) is 16.3 Å². The molecule has 0 bridgehead atoms. The predicted octanol–water partition coefficient (Wildman–Crippen LogP) is 1.71. The number of rotatable bonds is 4. The molecule has 0 aromatic heterocycles. The van der Waals surface area contributed by atoms with Crippen molar-refractivity contribution < 1.29 is 9.64 Å². The molecule has 16 heavy (non-hydrogen) atoms. The number of hydrogen-bond donors (Lipinski definition) is 1. The topological polar surface area (TPSA) is 13.7 Å². The van der Waals surface area contributed by atoms with Crippen LogP contribution < -0.4 is 9.64 Å². The average molecular weight is 241 g/mol. The van der Waals surface area contributed by atoms with Crippen LogP contribution in [0, 0.1) is 6.92 Å². The molecule has 0 unspecified atom stereocenters. The molecule has 88 valence electrons. The summed E-state index contributed by atoms with van der Waals surface area (Å²) in [6.07, 6.45) is 2.72. The molecule has 2 nitrogen and oxygen atoms in total. The number of likely N-dealkylation sites (tertiary alicyclic amines) is 1. The molecule has 2 rings (SSSR count). The average Bonchev–Trinajstić information content (AvgIpc) is 2.76. The quantitative estimate of drug-likeness (QED) is 0.846. The van der Waals surface area contributed by atoms with Gasteiger partial charge in [0, 0.05) is 12.8 Å². The van der Waals surface area contributed by atoms with Crippen molar-refractivity contribution in [3.63, 3.8) is 0 Å². The summed E-state index contributed by atoms with van der Waals surface area (Å²) in [6, 6.07) is 5.90. The second-order valence-electron chi connectivity index (χ2n) is 4.49. The standard InChI is InChI=1S/C13H18ClNO/c1-11-4-5-12(14)13(10-11)16-9-8-15-6-2-3-7-15/h4-5,10H,2-3,6-9H2,1H3/p+1. The van der Waals surface area contributed by atoms with Crippen molar-refractivity contribution in [3.05, 3.63) is 28.8 Å². The van der Waals surface area contributed by atoms with Crippen LogP contribution in [0.4, 0.5) is 0 Å². The Bertz CT molecular complexity index is 348. The highest BCUT2D eigenvalue weighted by molar-refractivity contribution is 6.32. The Morgan fingerprint density at radius 1 is 1.31 bits per heavy atom. The van der Waals surface area contributed by atoms with Crippen molar-refractivity contribution in [1.29, 1.82) is 0 Å². The van der Waals surface area contributed by atoms with Crippen LogP contribution in [0.5, 0.6) is 5.75 Å². The van der Waals surface area contributed by atoms with Crippen molar-refractivity contribution in [2.75, 3.05) is 26.2 Å². The molecule has 1 N–H and O–H groups in total. The number of aryl methyl sites for hydroxylation is 1. The maximum absolute atomic E-state index is 6.06. The zero-order chi connectivity index (χ0) is 11.4. The number of nitrogens with one attached hydrogen (secondary N) is 1. The molecule has 1 aromatic carbocycles. The predicted molar refractivity (Wildman–Crippen MR) is 66.5 cm³/mol. The van der Waals surface area contributed by atoms with E-state index in [9.17, 15) is 0 Å². The number of halogens is 1. The van der Waals surface area contributed by atoms with Gasteiger partial charge in [-0.2, -0.15) is 0 Å². The van der Waals surface area contributed by atoms with Gasteiger partial charge in [-0.3, -0.25) is 0 Å². The fourth-order valence-corrected chi connectivity index (χ4v) is 2.32. The first-order valence-electron chi connectivity index (χ1n) is 5.98. The van der Waals surface area contributed by atoms with Gasteiger partial charge in [-0.05, 0) is 24.6 Å². The van der Waals surface area contributed by atoms with Crippen LogP contribution in [0.2, 0.25) is 5.02 Å². The summed E-state index contributed by atoms with van der Waals surface area (Å²) in [5.41, 5.74) is 1.19. The summed E-state index contributed by atoms with van der Waals surface area (Å²) in [5.74, 6) is 0.820. The highest BCUT2D eigenvalue weighted by atomic mass is 35.5. The lowest BCUT2D eigenvalue weighted by Crippen LogP contribution is -3.10. The van der Waals surface area contributed by atoms with E-state index in [-0.39, 0.29) is 0 Å². The van der Waals surface area contributed by atoms with Gasteiger partial charge in [0.2, 0.25) is 0 Å². The van der Waals surface area contributed by atoms with Gasteiger partial charge in [0.25, 0.3) is 0 Å². The van der Waals surface area contributed by atoms with Crippen LogP contribution in [0.25, 0.3) is 0 Å². The van der Waals surface area contributed by atoms with Gasteiger partial charge in [-0.25, -0.2) is 0 Å². The minimum atomic E-state index is 0.710. The maximum atomic E-state index is 6.06. The van der Waals surface area contributed by atoms with Gasteiger partial charge in [-0.1, -0.05) is 17.7 Å². The lowest BCUT2D eigenvalue weighted by Gasteiger charge is -2.13. The number of quaternary nitrogens is 1. The van der Waals surface area contributed by atoms with Crippen LogP contribution in [-0.2, 0) is 0 Å². The SMILES string of the molecule is Cc1ccc(Cl)c(OCC[NH+]2CCCC2)c1. The van der Waals surface area contributed by atoms with Crippen molar-refractivity contribution in [2.24, 2.45) is 0 Å². The minimum Gasteiger partial charge on any atom is -0.486 e. The summed E-state index contributed by atoms with van der Waals surface area (Å²) in [6.45, 7) is 6.49. The van der Waals surface area contributed by atoms with E-state index in [2.05, 4.69) is 6.92 Å². The molecule has 1 fully saturated rings. The van der Waals surface area contributed by atoms with Crippen LogP contribution in [0.3, 0.4) is 0 Å². The third-order valence-electron chi connectivity index (χ3n) is 3.11. The number of hydrogen-bond acceptors (Lipinski definition) is 1. The largest absolute Gasteiger partial charge is 0.486 e. The van der Waals surface area contributed by atoms with Crippen molar-refractivity contribution in [2.45, 2.75) is 19.8 Å². The Balaban J connectivity index is 1.82. The molecule has 0 aliphatic carbocycles. The fourth-order valence-electron chi connectivity index (χ4n) is 2.15. The normalized spacial score (nSPS) is 16.6. The molecule has 1 aliphatic heterocycles. The van der Waals surface area contributed by atoms with Crippen LogP contribution in [-0.4, -0.2) is 26.2 Å². The highest BCUT2D eigenvalue weighted by Crippen LogP contribution is 2.24. The zero-order valence-electron chi connectivity index (χ0n) is 9.76. The molecule has 3 heteroatoms. The molecular weight excluding hydrogens is 222 g/mol. The van der Waals surface area contributed by atoms with E-state index in [1.165, 1.54) is 31.5 Å². The van der Waals surface area contributed by atoms with Gasteiger partial charge in [0.05, 0.1) is 18.1 Å². The first-order chi connectivity index (χ1) is 7.75. The van der Waals surface area contributed by atoms with Crippen molar-refractivity contribution in [1.82, 2.24) is 0 Å². The summed E-state index contributed by atoms with van der Waals surface area (Å²) >= 11 is 6.06. The van der Waals surface area contributed by atoms with E-state index in [0.29, 0.717) is 5.02 Å². The van der Waals surface area contributed by atoms with Gasteiger partial charge in [0.1, 0.15) is 18.9 Å². The van der Waals surface area contributed by atoms with Gasteiger partial charge < -0.3 is 9.64 Å². The van der Waals surface area contributed by atoms with E-state index in [0.717, 1.165) is 18.9 Å². The summed E-state index contributed by atoms with van der Waals surface area (Å²) in [5, 5.41) is 0.710. The van der Waals surface area contributed by atoms with Gasteiger partial charge in [-0.15, -0.1) is 0 Å². The molecular formula is C13H19ClNO+. The lowest BCUT2D eigenvalue weighted by atomic mass is 10.2. The smallest absolute Gasteiger partial charge is 0.138 e. The molecule has 0 radical (unpaired) electrons. The number of benzene rings is 1. The summed E-state index contributed by atoms with van der Waals surface area (Å²) in [7, 11) is 0. The first-order valence-corrected chi connectivity index (χ1v) is 6.36. The van der Waals surface area contributed by atoms with Crippen molar-refractivity contribution >= 4 is 11.6 Å². The van der Waals surface area contributed by atoms with Gasteiger partial charge in [0.15, 0.2) is 0 Å². The van der Waals surface area contributed by atoms with Crippen molar-refractivity contribution in [3.8, 4) is 5.75 Å². The molecule has 1 saturated heterocycles. The molecule has 1 heterocycles. The lowest BCUT2D eigenvalue weighted by molar-refractivity contribution is -0.887. The highest BCUT2D eigenvalue weighted by Gasteiger charge is 2.14. The zero-order valence-corrected chi connectivity index (χ0v) is 10.5. The van der Waals surface area contributed by atoms with E-state index < -0.39 is 0 Å². The second kappa shape index (κ2) is 5.55. The summed E-state index contributed by atoms with van der Waals surface area (Å²) in [4.78, 5) is 1.66. The van der Waals surface area contributed by atoms with Crippen LogP contribution in [0.15, 0.2) is 18.2 Å². The number of ether oxygens (including phenoxy) is 1. The van der Waals surface area contributed by atoms with Crippen LogP contribution in [0.1, 0.15) is 18.4 Å². The Morgan fingerprint density at radius 2 is 2.06 bits per heavy atom. The Labute approximate surface area is 102 Å². The Morgan fingerprint density at radius 3 is 2.81 bits per heavy atom. The van der Waals surface area contributed by atoms with Gasteiger partial charge >= 0.3 is 0 Å². The monoisotopic (exact) mass is 240 g/mol.